The maximum absolute atomic E-state index is 15.5. The first-order valence-corrected chi connectivity index (χ1v) is 16.4. The van der Waals surface area contributed by atoms with Crippen LogP contribution < -0.4 is 32.3 Å². The summed E-state index contributed by atoms with van der Waals surface area (Å²) < 4.78 is 23.7. The van der Waals surface area contributed by atoms with Crippen molar-refractivity contribution in [2.75, 3.05) is 19.6 Å². The fourth-order valence-electron chi connectivity index (χ4n) is 6.90. The number of allylic oxidation sites excluding steroid dienone is 1. The van der Waals surface area contributed by atoms with Crippen molar-refractivity contribution in [1.29, 1.82) is 0 Å². The minimum absolute atomic E-state index is 0.0232. The number of amides is 1. The monoisotopic (exact) mass is 636 g/mol. The Balaban J connectivity index is 1.71. The van der Waals surface area contributed by atoms with Gasteiger partial charge in [0, 0.05) is 47.9 Å². The maximum Gasteiger partial charge on any atom is 0.259 e. The molecule has 5 aromatic rings. The lowest BCUT2D eigenvalue weighted by atomic mass is 9.99. The van der Waals surface area contributed by atoms with E-state index >= 15 is 4.39 Å². The topological polar surface area (TPSA) is 110 Å². The number of hydrogen-bond acceptors (Lipinski definition) is 6. The zero-order valence-corrected chi connectivity index (χ0v) is 27.4. The van der Waals surface area contributed by atoms with Crippen molar-refractivity contribution in [3.05, 3.63) is 90.6 Å². The van der Waals surface area contributed by atoms with Crippen LogP contribution >= 0.6 is 0 Å². The molecule has 8 nitrogen and oxygen atoms in total. The second-order valence-corrected chi connectivity index (χ2v) is 12.8. The summed E-state index contributed by atoms with van der Waals surface area (Å²) >= 11 is 0. The number of rotatable bonds is 8. The molecule has 0 radical (unpaired) electrons. The molecule has 3 N–H and O–H groups in total. The Morgan fingerprint density at radius 1 is 1.15 bits per heavy atom. The Hall–Kier alpha value is -4.76. The largest absolute Gasteiger partial charge is 0.451 e. The van der Waals surface area contributed by atoms with Gasteiger partial charge in [0.15, 0.2) is 16.8 Å². The summed E-state index contributed by atoms with van der Waals surface area (Å²) in [4.78, 5) is 43.2. The van der Waals surface area contributed by atoms with Gasteiger partial charge in [-0.3, -0.25) is 14.4 Å². The zero-order chi connectivity index (χ0) is 33.6. The quantitative estimate of drug-likeness (QED) is 0.180. The predicted octanol–water partition coefficient (Wildman–Crippen LogP) is 5.17. The number of carbonyl (C=O) groups is 1. The van der Waals surface area contributed by atoms with Crippen molar-refractivity contribution in [3.63, 3.8) is 0 Å². The number of hydrogen-bond donors (Lipinski definition) is 2. The fraction of sp³-hybridized carbons (Fsp3) is 0.342. The minimum Gasteiger partial charge on any atom is -0.451 e. The number of nitrogens with zero attached hydrogens (tertiary/aromatic N) is 2. The molecule has 1 amide bonds. The molecular formula is C38H41FN4O4. The first kappa shape index (κ1) is 32.2. The third-order valence-electron chi connectivity index (χ3n) is 9.42. The van der Waals surface area contributed by atoms with Gasteiger partial charge < -0.3 is 24.8 Å². The van der Waals surface area contributed by atoms with E-state index in [1.165, 1.54) is 13.1 Å². The highest BCUT2D eigenvalue weighted by molar-refractivity contribution is 6.04. The van der Waals surface area contributed by atoms with E-state index in [1.54, 1.807) is 40.5 Å². The first-order chi connectivity index (χ1) is 22.5. The van der Waals surface area contributed by atoms with Crippen LogP contribution in [0, 0.1) is 5.92 Å². The summed E-state index contributed by atoms with van der Waals surface area (Å²) in [6.45, 7) is 12.9. The predicted molar refractivity (Wildman–Crippen MR) is 189 cm³/mol. The lowest BCUT2D eigenvalue weighted by molar-refractivity contribution is 0.0789. The normalized spacial score (nSPS) is 16.9. The van der Waals surface area contributed by atoms with Crippen molar-refractivity contribution in [1.82, 2.24) is 14.6 Å². The Morgan fingerprint density at radius 2 is 1.89 bits per heavy atom. The van der Waals surface area contributed by atoms with Gasteiger partial charge in [0.25, 0.3) is 5.91 Å². The van der Waals surface area contributed by atoms with Crippen LogP contribution in [-0.2, 0) is 0 Å². The van der Waals surface area contributed by atoms with Crippen molar-refractivity contribution in [2.24, 2.45) is 11.7 Å². The first-order valence-electron chi connectivity index (χ1n) is 16.4. The highest BCUT2D eigenvalue weighted by Gasteiger charge is 2.28. The SMILES string of the molecule is C=c1c2ccccc2c(=O)c2cc3oc(/C(NCCC(C)CCC)=C(\C)F)c4/c(=C\C)c(=O)c(C(=O)N5CCC(N)C5)cn4c3cc12. The molecule has 3 heterocycles. The number of fused-ring (bicyclic) bond motifs is 5. The third-order valence-corrected chi connectivity index (χ3v) is 9.42. The van der Waals surface area contributed by atoms with E-state index in [9.17, 15) is 14.4 Å². The highest BCUT2D eigenvalue weighted by Crippen LogP contribution is 2.29. The van der Waals surface area contributed by atoms with Crippen LogP contribution in [0.4, 0.5) is 4.39 Å². The average Bonchev–Trinajstić information content (AvgIpc) is 3.50. The summed E-state index contributed by atoms with van der Waals surface area (Å²) in [6.07, 6.45) is 6.70. The van der Waals surface area contributed by atoms with Crippen LogP contribution in [0.1, 0.15) is 69.5 Å². The molecule has 2 unspecified atom stereocenters. The molecule has 0 aliphatic carbocycles. The van der Waals surface area contributed by atoms with Crippen molar-refractivity contribution < 1.29 is 13.6 Å². The van der Waals surface area contributed by atoms with Crippen LogP contribution in [0.3, 0.4) is 0 Å². The van der Waals surface area contributed by atoms with E-state index in [0.29, 0.717) is 70.0 Å². The minimum atomic E-state index is -0.518. The number of benzene rings is 3. The van der Waals surface area contributed by atoms with Crippen LogP contribution in [0.5, 0.6) is 0 Å². The smallest absolute Gasteiger partial charge is 0.259 e. The number of aromatic nitrogens is 1. The van der Waals surface area contributed by atoms with Gasteiger partial charge in [0.1, 0.15) is 22.6 Å². The Bertz CT molecular complexity index is 2340. The molecule has 244 valence electrons. The van der Waals surface area contributed by atoms with Gasteiger partial charge in [-0.1, -0.05) is 63.6 Å². The molecule has 0 bridgehead atoms. The number of carbonyl (C=O) groups excluding carboxylic acids is 1. The lowest BCUT2D eigenvalue weighted by Crippen LogP contribution is -2.40. The Labute approximate surface area is 271 Å². The van der Waals surface area contributed by atoms with E-state index in [1.807, 2.05) is 18.2 Å². The Kier molecular flexibility index (Phi) is 8.76. The van der Waals surface area contributed by atoms with Crippen molar-refractivity contribution in [3.8, 4) is 0 Å². The molecule has 47 heavy (non-hydrogen) atoms. The molecule has 1 aliphatic heterocycles. The average molecular weight is 637 g/mol. The van der Waals surface area contributed by atoms with E-state index in [4.69, 9.17) is 10.2 Å². The van der Waals surface area contributed by atoms with Crippen molar-refractivity contribution >= 4 is 62.4 Å². The van der Waals surface area contributed by atoms with Gasteiger partial charge in [-0.25, -0.2) is 4.39 Å². The fourth-order valence-corrected chi connectivity index (χ4v) is 6.90. The van der Waals surface area contributed by atoms with Gasteiger partial charge in [-0.15, -0.1) is 0 Å². The van der Waals surface area contributed by atoms with Gasteiger partial charge >= 0.3 is 0 Å². The Morgan fingerprint density at radius 3 is 2.55 bits per heavy atom. The molecule has 0 spiro atoms. The molecule has 0 saturated carbocycles. The van der Waals surface area contributed by atoms with Crippen LogP contribution in [0.25, 0.3) is 56.5 Å². The summed E-state index contributed by atoms with van der Waals surface area (Å²) in [5, 5.41) is 6.41. The number of pyridine rings is 1. The molecular weight excluding hydrogens is 595 g/mol. The van der Waals surface area contributed by atoms with E-state index < -0.39 is 17.2 Å². The molecule has 2 aromatic heterocycles. The zero-order valence-electron chi connectivity index (χ0n) is 27.4. The molecule has 1 aliphatic rings. The standard InChI is InChI=1S/C38H41FN4O4/c1-6-10-21(3)13-15-41-33(23(5)39)37-34-25(7-2)35(44)30(38(46)42-16-14-24(40)19-42)20-43(34)31-17-28-22(4)26-11-8-9-12-27(26)36(45)29(28)18-32(31)47-37/h7-9,11-12,17-18,20-21,24,41H,4,6,10,13-16,19,40H2,1-3,5H3/b25-7+,33-23-. The van der Waals surface area contributed by atoms with Crippen LogP contribution in [0.15, 0.2) is 62.4 Å². The molecule has 2 atom stereocenters. The number of nitrogens with two attached hydrogens (primary N) is 1. The van der Waals surface area contributed by atoms with Crippen LogP contribution in [-0.4, -0.2) is 40.9 Å². The van der Waals surface area contributed by atoms with Gasteiger partial charge in [0.2, 0.25) is 5.43 Å². The van der Waals surface area contributed by atoms with Crippen molar-refractivity contribution in [2.45, 2.75) is 59.4 Å². The second kappa shape index (κ2) is 12.8. The molecule has 9 heteroatoms. The highest BCUT2D eigenvalue weighted by atomic mass is 19.1. The van der Waals surface area contributed by atoms with Gasteiger partial charge in [-0.2, -0.15) is 0 Å². The third kappa shape index (κ3) is 5.63. The number of nitrogens with one attached hydrogen (secondary N) is 1. The molecule has 1 saturated heterocycles. The summed E-state index contributed by atoms with van der Waals surface area (Å²) in [7, 11) is 0. The number of likely N-dealkylation sites (tertiary alicyclic amines) is 1. The lowest BCUT2D eigenvalue weighted by Gasteiger charge is -2.20. The molecule has 1 fully saturated rings. The van der Waals surface area contributed by atoms with Gasteiger partial charge in [0.05, 0.1) is 5.52 Å². The number of halogens is 1. The second-order valence-electron chi connectivity index (χ2n) is 12.8. The van der Waals surface area contributed by atoms with E-state index in [0.717, 1.165) is 24.6 Å². The van der Waals surface area contributed by atoms with Gasteiger partial charge in [-0.05, 0) is 60.7 Å². The molecule has 3 aromatic carbocycles. The van der Waals surface area contributed by atoms with E-state index in [2.05, 4.69) is 25.7 Å². The summed E-state index contributed by atoms with van der Waals surface area (Å²) in [6, 6.07) is 10.6. The van der Waals surface area contributed by atoms with E-state index in [-0.39, 0.29) is 33.7 Å². The van der Waals surface area contributed by atoms with Crippen LogP contribution in [0.2, 0.25) is 0 Å². The maximum atomic E-state index is 15.5. The summed E-state index contributed by atoms with van der Waals surface area (Å²) in [5.74, 6) is -0.393. The molecule has 6 rings (SSSR count). The summed E-state index contributed by atoms with van der Waals surface area (Å²) in [5.41, 5.74) is 6.64.